The Labute approximate surface area is 140 Å². The third-order valence-corrected chi connectivity index (χ3v) is 4.99. The van der Waals surface area contributed by atoms with Crippen molar-refractivity contribution in [1.82, 2.24) is 29.4 Å². The van der Waals surface area contributed by atoms with Gasteiger partial charge in [-0.05, 0) is 19.8 Å². The van der Waals surface area contributed by atoms with Crippen LogP contribution < -0.4 is 5.32 Å². The molecule has 3 heterocycles. The van der Waals surface area contributed by atoms with E-state index in [4.69, 9.17) is 0 Å². The fourth-order valence-corrected chi connectivity index (χ4v) is 3.73. The summed E-state index contributed by atoms with van der Waals surface area (Å²) in [4.78, 5) is 14.5. The molecule has 2 aromatic heterocycles. The van der Waals surface area contributed by atoms with Gasteiger partial charge in [-0.2, -0.15) is 5.10 Å². The van der Waals surface area contributed by atoms with Gasteiger partial charge in [-0.25, -0.2) is 4.68 Å². The molecule has 2 aliphatic rings. The van der Waals surface area contributed by atoms with E-state index in [1.54, 1.807) is 6.20 Å². The van der Waals surface area contributed by atoms with Gasteiger partial charge in [-0.3, -0.25) is 9.69 Å². The number of hydrogen-bond acceptors (Lipinski definition) is 5. The number of rotatable bonds is 4. The molecule has 1 amide bonds. The molecule has 8 heteroatoms. The Kier molecular flexibility index (Phi) is 4.05. The van der Waals surface area contributed by atoms with E-state index in [0.717, 1.165) is 43.4 Å². The molecule has 0 atom stereocenters. The average molecular weight is 329 g/mol. The van der Waals surface area contributed by atoms with Crippen LogP contribution >= 0.6 is 0 Å². The van der Waals surface area contributed by atoms with E-state index < -0.39 is 0 Å². The summed E-state index contributed by atoms with van der Waals surface area (Å²) in [7, 11) is 0. The van der Waals surface area contributed by atoms with Gasteiger partial charge in [-0.15, -0.1) is 10.2 Å². The molecule has 0 aromatic carbocycles. The van der Waals surface area contributed by atoms with Crippen LogP contribution in [0.1, 0.15) is 43.4 Å². The van der Waals surface area contributed by atoms with Gasteiger partial charge in [0.05, 0.1) is 25.3 Å². The molecule has 1 saturated carbocycles. The maximum Gasteiger partial charge on any atom is 0.239 e. The first-order chi connectivity index (χ1) is 11.7. The number of hydrogen-bond donors (Lipinski definition) is 1. The lowest BCUT2D eigenvalue weighted by Crippen LogP contribution is -2.39. The van der Waals surface area contributed by atoms with Crippen molar-refractivity contribution >= 4 is 11.7 Å². The number of nitrogens with one attached hydrogen (secondary N) is 1. The summed E-state index contributed by atoms with van der Waals surface area (Å²) in [5.41, 5.74) is 0. The lowest BCUT2D eigenvalue weighted by atomic mass is 10.2. The monoisotopic (exact) mass is 329 g/mol. The second kappa shape index (κ2) is 6.35. The van der Waals surface area contributed by atoms with Crippen LogP contribution in [0, 0.1) is 6.92 Å². The standard InChI is InChI=1S/C16H23N7O/c1-12-19-20-15-10-21(8-9-22(12)15)11-16(24)18-14-6-7-17-23(14)13-4-2-3-5-13/h6-7,13H,2-5,8-11H2,1H3,(H,18,24). The lowest BCUT2D eigenvalue weighted by Gasteiger charge is -2.26. The zero-order chi connectivity index (χ0) is 16.5. The van der Waals surface area contributed by atoms with E-state index in [9.17, 15) is 4.79 Å². The van der Waals surface area contributed by atoms with Gasteiger partial charge in [-0.1, -0.05) is 12.8 Å². The van der Waals surface area contributed by atoms with Gasteiger partial charge in [0.2, 0.25) is 5.91 Å². The van der Waals surface area contributed by atoms with Crippen molar-refractivity contribution < 1.29 is 4.79 Å². The number of amides is 1. The van der Waals surface area contributed by atoms with Gasteiger partial charge in [0.15, 0.2) is 0 Å². The molecule has 1 aliphatic heterocycles. The molecular weight excluding hydrogens is 306 g/mol. The Balaban J connectivity index is 1.37. The topological polar surface area (TPSA) is 80.9 Å². The van der Waals surface area contributed by atoms with E-state index in [-0.39, 0.29) is 5.91 Å². The summed E-state index contributed by atoms with van der Waals surface area (Å²) in [5.74, 6) is 2.68. The third-order valence-electron chi connectivity index (χ3n) is 4.99. The van der Waals surface area contributed by atoms with Crippen LogP contribution in [0.2, 0.25) is 0 Å². The van der Waals surface area contributed by atoms with E-state index in [1.807, 2.05) is 17.7 Å². The molecule has 0 radical (unpaired) electrons. The third kappa shape index (κ3) is 2.93. The Bertz CT molecular complexity index is 729. The molecule has 8 nitrogen and oxygen atoms in total. The minimum atomic E-state index is -0.000524. The summed E-state index contributed by atoms with van der Waals surface area (Å²) in [6.07, 6.45) is 6.54. The lowest BCUT2D eigenvalue weighted by molar-refractivity contribution is -0.117. The molecule has 1 fully saturated rings. The normalized spacial score (nSPS) is 18.7. The zero-order valence-corrected chi connectivity index (χ0v) is 14.0. The first-order valence-corrected chi connectivity index (χ1v) is 8.65. The van der Waals surface area contributed by atoms with Crippen LogP contribution in [-0.4, -0.2) is 48.4 Å². The second-order valence-corrected chi connectivity index (χ2v) is 6.67. The highest BCUT2D eigenvalue weighted by Crippen LogP contribution is 2.31. The fourth-order valence-electron chi connectivity index (χ4n) is 3.73. The molecule has 2 aromatic rings. The van der Waals surface area contributed by atoms with Crippen LogP contribution in [0.25, 0.3) is 0 Å². The molecule has 1 N–H and O–H groups in total. The maximum atomic E-state index is 12.4. The summed E-state index contributed by atoms with van der Waals surface area (Å²) in [5, 5.41) is 15.7. The van der Waals surface area contributed by atoms with Crippen molar-refractivity contribution in [3.05, 3.63) is 23.9 Å². The van der Waals surface area contributed by atoms with E-state index in [0.29, 0.717) is 19.1 Å². The minimum absolute atomic E-state index is 0.000524. The smallest absolute Gasteiger partial charge is 0.239 e. The molecular formula is C16H23N7O. The maximum absolute atomic E-state index is 12.4. The van der Waals surface area contributed by atoms with Gasteiger partial charge in [0.25, 0.3) is 0 Å². The molecule has 1 aliphatic carbocycles. The van der Waals surface area contributed by atoms with Crippen LogP contribution in [0.3, 0.4) is 0 Å². The Hall–Kier alpha value is -2.22. The van der Waals surface area contributed by atoms with Crippen LogP contribution in [0.5, 0.6) is 0 Å². The Morgan fingerprint density at radius 1 is 1.29 bits per heavy atom. The highest BCUT2D eigenvalue weighted by Gasteiger charge is 2.23. The van der Waals surface area contributed by atoms with Gasteiger partial charge >= 0.3 is 0 Å². The molecule has 0 unspecified atom stereocenters. The quantitative estimate of drug-likeness (QED) is 0.916. The molecule has 24 heavy (non-hydrogen) atoms. The fraction of sp³-hybridized carbons (Fsp3) is 0.625. The number of fused-ring (bicyclic) bond motifs is 1. The van der Waals surface area contributed by atoms with Crippen LogP contribution in [0.4, 0.5) is 5.82 Å². The largest absolute Gasteiger partial charge is 0.313 e. The van der Waals surface area contributed by atoms with Crippen molar-refractivity contribution in [1.29, 1.82) is 0 Å². The van der Waals surface area contributed by atoms with Gasteiger partial charge < -0.3 is 9.88 Å². The first-order valence-electron chi connectivity index (χ1n) is 8.65. The van der Waals surface area contributed by atoms with Gasteiger partial charge in [0.1, 0.15) is 17.5 Å². The van der Waals surface area contributed by atoms with Crippen molar-refractivity contribution in [2.24, 2.45) is 0 Å². The predicted molar refractivity (Wildman–Crippen MR) is 88.4 cm³/mol. The summed E-state index contributed by atoms with van der Waals surface area (Å²) < 4.78 is 4.09. The van der Waals surface area contributed by atoms with Crippen LogP contribution in [0.15, 0.2) is 12.3 Å². The Morgan fingerprint density at radius 3 is 2.96 bits per heavy atom. The minimum Gasteiger partial charge on any atom is -0.313 e. The van der Waals surface area contributed by atoms with Gasteiger partial charge in [0, 0.05) is 19.2 Å². The Morgan fingerprint density at radius 2 is 2.12 bits per heavy atom. The zero-order valence-electron chi connectivity index (χ0n) is 14.0. The predicted octanol–water partition coefficient (Wildman–Crippen LogP) is 1.35. The molecule has 4 rings (SSSR count). The molecule has 0 bridgehead atoms. The summed E-state index contributed by atoms with van der Waals surface area (Å²) in [6, 6.07) is 2.30. The van der Waals surface area contributed by atoms with Crippen molar-refractivity contribution in [2.45, 2.75) is 51.7 Å². The highest BCUT2D eigenvalue weighted by molar-refractivity contribution is 5.91. The second-order valence-electron chi connectivity index (χ2n) is 6.67. The number of nitrogens with zero attached hydrogens (tertiary/aromatic N) is 6. The molecule has 0 spiro atoms. The average Bonchev–Trinajstić information content (AvgIpc) is 3.28. The molecule has 128 valence electrons. The number of carbonyl (C=O) groups excluding carboxylic acids is 1. The first kappa shape index (κ1) is 15.3. The molecule has 0 saturated heterocycles. The van der Waals surface area contributed by atoms with E-state index in [2.05, 4.69) is 30.1 Å². The van der Waals surface area contributed by atoms with Crippen molar-refractivity contribution in [3.8, 4) is 0 Å². The van der Waals surface area contributed by atoms with E-state index >= 15 is 0 Å². The number of anilines is 1. The number of aryl methyl sites for hydroxylation is 1. The summed E-state index contributed by atoms with van der Waals surface area (Å²) in [6.45, 7) is 4.66. The van der Waals surface area contributed by atoms with Crippen LogP contribution in [-0.2, 0) is 17.9 Å². The van der Waals surface area contributed by atoms with Crippen molar-refractivity contribution in [2.75, 3.05) is 18.4 Å². The SMILES string of the molecule is Cc1nnc2n1CCN(CC(=O)Nc1ccnn1C1CCCC1)C2. The number of carbonyl (C=O) groups is 1. The van der Waals surface area contributed by atoms with E-state index in [1.165, 1.54) is 12.8 Å². The highest BCUT2D eigenvalue weighted by atomic mass is 16.2. The van der Waals surface area contributed by atoms with Crippen molar-refractivity contribution in [3.63, 3.8) is 0 Å². The number of aromatic nitrogens is 5. The summed E-state index contributed by atoms with van der Waals surface area (Å²) >= 11 is 0.